The summed E-state index contributed by atoms with van der Waals surface area (Å²) in [6.45, 7) is 0.0244. The monoisotopic (exact) mass is 310 g/mol. The normalized spacial score (nSPS) is 10.5. The van der Waals surface area contributed by atoms with Gasteiger partial charge in [-0.3, -0.25) is 4.79 Å². The number of methoxy groups -OCH3 is 1. The highest BCUT2D eigenvalue weighted by molar-refractivity contribution is 6.00. The zero-order valence-corrected chi connectivity index (χ0v) is 12.4. The summed E-state index contributed by atoms with van der Waals surface area (Å²) in [4.78, 5) is 23.1. The van der Waals surface area contributed by atoms with Gasteiger partial charge in [0, 0.05) is 0 Å². The first kappa shape index (κ1) is 14.8. The van der Waals surface area contributed by atoms with Crippen molar-refractivity contribution in [1.29, 1.82) is 0 Å². The molecule has 0 amide bonds. The van der Waals surface area contributed by atoms with E-state index in [9.17, 15) is 9.59 Å². The summed E-state index contributed by atoms with van der Waals surface area (Å²) in [7, 11) is 1.30. The van der Waals surface area contributed by atoms with E-state index >= 15 is 0 Å². The Hall–Kier alpha value is -3.08. The second kappa shape index (κ2) is 6.36. The highest BCUT2D eigenvalue weighted by atomic mass is 16.5. The van der Waals surface area contributed by atoms with Crippen molar-refractivity contribution in [2.75, 3.05) is 7.11 Å². The first-order valence-electron chi connectivity index (χ1n) is 6.99. The van der Waals surface area contributed by atoms with Gasteiger partial charge in [-0.05, 0) is 22.9 Å². The number of carbonyl (C=O) groups is 2. The minimum atomic E-state index is -0.494. The molecule has 1 heterocycles. The fourth-order valence-electron chi connectivity index (χ4n) is 2.41. The van der Waals surface area contributed by atoms with Gasteiger partial charge in [0.2, 0.25) is 0 Å². The standard InChI is InChI=1S/C18H14O5/c1-21-18(20)14-8-9-22-17(14)11-23-16-7-6-12-4-2-3-5-13(12)15(16)10-19/h2-10H,11H2,1H3. The third kappa shape index (κ3) is 2.81. The molecule has 0 atom stereocenters. The van der Waals surface area contributed by atoms with Crippen molar-refractivity contribution in [1.82, 2.24) is 0 Å². The topological polar surface area (TPSA) is 65.7 Å². The molecule has 0 aliphatic carbocycles. The van der Waals surface area contributed by atoms with Crippen molar-refractivity contribution >= 4 is 23.0 Å². The molecule has 0 saturated carbocycles. The fraction of sp³-hybridized carbons (Fsp3) is 0.111. The van der Waals surface area contributed by atoms with Gasteiger partial charge in [-0.15, -0.1) is 0 Å². The quantitative estimate of drug-likeness (QED) is 0.532. The van der Waals surface area contributed by atoms with Gasteiger partial charge in [0.05, 0.1) is 18.9 Å². The van der Waals surface area contributed by atoms with Crippen LogP contribution in [0.15, 0.2) is 53.1 Å². The molecule has 23 heavy (non-hydrogen) atoms. The predicted octanol–water partition coefficient (Wildman–Crippen LogP) is 3.61. The molecule has 0 N–H and O–H groups in total. The summed E-state index contributed by atoms with van der Waals surface area (Å²) in [5, 5.41) is 1.77. The maximum Gasteiger partial charge on any atom is 0.341 e. The molecule has 5 nitrogen and oxygen atoms in total. The Kier molecular flexibility index (Phi) is 4.10. The number of fused-ring (bicyclic) bond motifs is 1. The number of ether oxygens (including phenoxy) is 2. The average Bonchev–Trinajstić information content (AvgIpc) is 3.07. The number of rotatable bonds is 5. The molecule has 0 aliphatic heterocycles. The summed E-state index contributed by atoms with van der Waals surface area (Å²) in [5.74, 6) is 0.291. The van der Waals surface area contributed by atoms with Crippen molar-refractivity contribution < 1.29 is 23.5 Å². The van der Waals surface area contributed by atoms with Crippen molar-refractivity contribution in [3.8, 4) is 5.75 Å². The average molecular weight is 310 g/mol. The van der Waals surface area contributed by atoms with Crippen LogP contribution in [-0.4, -0.2) is 19.4 Å². The summed E-state index contributed by atoms with van der Waals surface area (Å²) < 4.78 is 15.6. The highest BCUT2D eigenvalue weighted by Crippen LogP contribution is 2.27. The smallest absolute Gasteiger partial charge is 0.341 e. The summed E-state index contributed by atoms with van der Waals surface area (Å²) in [5.41, 5.74) is 0.773. The van der Waals surface area contributed by atoms with Gasteiger partial charge in [0.15, 0.2) is 12.0 Å². The number of carbonyl (C=O) groups excluding carboxylic acids is 2. The van der Waals surface area contributed by atoms with Crippen molar-refractivity contribution in [3.05, 3.63) is 65.6 Å². The SMILES string of the molecule is COC(=O)c1ccoc1COc1ccc2ccccc2c1C=O. The Labute approximate surface area is 132 Å². The van der Waals surface area contributed by atoms with E-state index in [2.05, 4.69) is 4.74 Å². The first-order chi connectivity index (χ1) is 11.2. The largest absolute Gasteiger partial charge is 0.485 e. The Morgan fingerprint density at radius 3 is 2.78 bits per heavy atom. The van der Waals surface area contributed by atoms with E-state index < -0.39 is 5.97 Å². The number of aldehydes is 1. The Morgan fingerprint density at radius 1 is 1.17 bits per heavy atom. The number of hydrogen-bond donors (Lipinski definition) is 0. The first-order valence-corrected chi connectivity index (χ1v) is 6.99. The lowest BCUT2D eigenvalue weighted by Crippen LogP contribution is -2.06. The van der Waals surface area contributed by atoms with Gasteiger partial charge < -0.3 is 13.9 Å². The molecule has 3 aromatic rings. The van der Waals surface area contributed by atoms with Crippen LogP contribution in [0.2, 0.25) is 0 Å². The lowest BCUT2D eigenvalue weighted by atomic mass is 10.0. The Balaban J connectivity index is 1.89. The minimum Gasteiger partial charge on any atom is -0.485 e. The van der Waals surface area contributed by atoms with Gasteiger partial charge in [0.25, 0.3) is 0 Å². The van der Waals surface area contributed by atoms with Crippen molar-refractivity contribution in [3.63, 3.8) is 0 Å². The lowest BCUT2D eigenvalue weighted by Gasteiger charge is -2.10. The number of hydrogen-bond acceptors (Lipinski definition) is 5. The molecular weight excluding hydrogens is 296 g/mol. The van der Waals surface area contributed by atoms with E-state index in [1.165, 1.54) is 19.4 Å². The zero-order chi connectivity index (χ0) is 16.2. The summed E-state index contributed by atoms with van der Waals surface area (Å²) in [6.07, 6.45) is 2.16. The summed E-state index contributed by atoms with van der Waals surface area (Å²) in [6, 6.07) is 12.7. The molecule has 3 rings (SSSR count). The van der Waals surface area contributed by atoms with Crippen LogP contribution in [0.1, 0.15) is 26.5 Å². The van der Waals surface area contributed by atoms with E-state index in [1.807, 2.05) is 30.3 Å². The third-order valence-electron chi connectivity index (χ3n) is 3.56. The van der Waals surface area contributed by atoms with Gasteiger partial charge >= 0.3 is 5.97 Å². The number of benzene rings is 2. The van der Waals surface area contributed by atoms with Crippen molar-refractivity contribution in [2.24, 2.45) is 0 Å². The highest BCUT2D eigenvalue weighted by Gasteiger charge is 2.16. The van der Waals surface area contributed by atoms with Crippen LogP contribution < -0.4 is 4.74 Å². The molecule has 2 aromatic carbocycles. The Morgan fingerprint density at radius 2 is 2.00 bits per heavy atom. The molecule has 0 unspecified atom stereocenters. The maximum absolute atomic E-state index is 11.6. The molecule has 0 saturated heterocycles. The van der Waals surface area contributed by atoms with Crippen LogP contribution >= 0.6 is 0 Å². The van der Waals surface area contributed by atoms with Crippen LogP contribution in [0.3, 0.4) is 0 Å². The number of furan rings is 1. The third-order valence-corrected chi connectivity index (χ3v) is 3.56. The van der Waals surface area contributed by atoms with Crippen LogP contribution in [0.5, 0.6) is 5.75 Å². The molecule has 0 radical (unpaired) electrons. The second-order valence-electron chi connectivity index (χ2n) is 4.85. The van der Waals surface area contributed by atoms with Crippen LogP contribution in [-0.2, 0) is 11.3 Å². The molecule has 0 spiro atoms. The molecule has 0 fully saturated rings. The summed E-state index contributed by atoms with van der Waals surface area (Å²) >= 11 is 0. The molecule has 116 valence electrons. The zero-order valence-electron chi connectivity index (χ0n) is 12.4. The second-order valence-corrected chi connectivity index (χ2v) is 4.85. The van der Waals surface area contributed by atoms with Crippen LogP contribution in [0, 0.1) is 0 Å². The maximum atomic E-state index is 11.6. The van der Waals surface area contributed by atoms with Crippen LogP contribution in [0.25, 0.3) is 10.8 Å². The van der Waals surface area contributed by atoms with Crippen molar-refractivity contribution in [2.45, 2.75) is 6.61 Å². The van der Waals surface area contributed by atoms with Crippen LogP contribution in [0.4, 0.5) is 0 Å². The van der Waals surface area contributed by atoms with E-state index in [1.54, 1.807) is 6.07 Å². The lowest BCUT2D eigenvalue weighted by molar-refractivity contribution is 0.0595. The predicted molar refractivity (Wildman–Crippen MR) is 83.7 cm³/mol. The molecule has 0 bridgehead atoms. The van der Waals surface area contributed by atoms with Gasteiger partial charge in [-0.2, -0.15) is 0 Å². The van der Waals surface area contributed by atoms with E-state index in [4.69, 9.17) is 9.15 Å². The molecule has 5 heteroatoms. The molecular formula is C18H14O5. The molecule has 1 aromatic heterocycles. The number of esters is 1. The minimum absolute atomic E-state index is 0.0244. The Bertz CT molecular complexity index is 863. The van der Waals surface area contributed by atoms with E-state index in [-0.39, 0.29) is 6.61 Å². The van der Waals surface area contributed by atoms with Gasteiger partial charge in [0.1, 0.15) is 17.9 Å². The van der Waals surface area contributed by atoms with E-state index in [0.717, 1.165) is 17.1 Å². The molecule has 0 aliphatic rings. The fourth-order valence-corrected chi connectivity index (χ4v) is 2.41. The van der Waals surface area contributed by atoms with Gasteiger partial charge in [-0.25, -0.2) is 4.79 Å². The van der Waals surface area contributed by atoms with E-state index in [0.29, 0.717) is 22.6 Å². The van der Waals surface area contributed by atoms with Gasteiger partial charge in [-0.1, -0.05) is 30.3 Å².